The van der Waals surface area contributed by atoms with E-state index in [2.05, 4.69) is 0 Å². The number of carbonyl (C=O) groups is 2. The summed E-state index contributed by atoms with van der Waals surface area (Å²) >= 11 is 0. The summed E-state index contributed by atoms with van der Waals surface area (Å²) in [6.07, 6.45) is 2.69. The quantitative estimate of drug-likeness (QED) is 0.755. The van der Waals surface area contributed by atoms with E-state index in [0.29, 0.717) is 24.5 Å². The Bertz CT molecular complexity index is 647. The molecule has 1 fully saturated rings. The van der Waals surface area contributed by atoms with Gasteiger partial charge >= 0.3 is 0 Å². The van der Waals surface area contributed by atoms with Crippen LogP contribution >= 0.6 is 0 Å². The molecule has 1 aliphatic heterocycles. The van der Waals surface area contributed by atoms with Crippen LogP contribution in [0.2, 0.25) is 0 Å². The van der Waals surface area contributed by atoms with Crippen molar-refractivity contribution in [1.82, 2.24) is 9.30 Å². The van der Waals surface area contributed by atoms with E-state index in [-0.39, 0.29) is 5.91 Å². The van der Waals surface area contributed by atoms with Crippen molar-refractivity contribution in [3.8, 4) is 0 Å². The van der Waals surface area contributed by atoms with Gasteiger partial charge in [-0.3, -0.25) is 19.4 Å². The number of hydrogen-bond donors (Lipinski definition) is 0. The topological polar surface area (TPSA) is 45.0 Å². The first-order chi connectivity index (χ1) is 9.20. The van der Waals surface area contributed by atoms with Gasteiger partial charge in [-0.2, -0.15) is 0 Å². The Labute approximate surface area is 111 Å². The minimum absolute atomic E-state index is 0.0284. The van der Waals surface area contributed by atoms with Gasteiger partial charge in [0.25, 0.3) is 0 Å². The van der Waals surface area contributed by atoms with Crippen molar-refractivity contribution in [2.75, 3.05) is 31.6 Å². The number of piperazine rings is 1. The van der Waals surface area contributed by atoms with Crippen LogP contribution in [-0.4, -0.2) is 48.2 Å². The standard InChI is InChI=1S/C14H15N3O2/c1-15-6-7-17(13(19)9-15)14-11(10-18)8-12-4-2-3-5-16(12)14/h2-5,8,10H,6-7,9H2,1H3. The van der Waals surface area contributed by atoms with E-state index < -0.39 is 0 Å². The van der Waals surface area contributed by atoms with Gasteiger partial charge in [0.1, 0.15) is 5.82 Å². The third-order valence-corrected chi connectivity index (χ3v) is 3.48. The van der Waals surface area contributed by atoms with E-state index in [4.69, 9.17) is 0 Å². The number of aldehydes is 1. The minimum Gasteiger partial charge on any atom is -0.303 e. The predicted octanol–water partition coefficient (Wildman–Crippen LogP) is 1.03. The van der Waals surface area contributed by atoms with Crippen LogP contribution in [0.4, 0.5) is 5.82 Å². The zero-order chi connectivity index (χ0) is 13.4. The summed E-state index contributed by atoms with van der Waals surface area (Å²) in [5.41, 5.74) is 1.48. The Morgan fingerprint density at radius 2 is 2.11 bits per heavy atom. The van der Waals surface area contributed by atoms with Gasteiger partial charge in [0, 0.05) is 24.8 Å². The lowest BCUT2D eigenvalue weighted by molar-refractivity contribution is -0.120. The molecule has 0 spiro atoms. The van der Waals surface area contributed by atoms with Crippen molar-refractivity contribution in [2.45, 2.75) is 0 Å². The van der Waals surface area contributed by atoms with Gasteiger partial charge in [0.05, 0.1) is 12.1 Å². The largest absolute Gasteiger partial charge is 0.303 e. The first-order valence-electron chi connectivity index (χ1n) is 6.25. The molecule has 19 heavy (non-hydrogen) atoms. The molecule has 0 N–H and O–H groups in total. The summed E-state index contributed by atoms with van der Waals surface area (Å²) in [6, 6.07) is 7.55. The van der Waals surface area contributed by atoms with Gasteiger partial charge in [0.2, 0.25) is 5.91 Å². The third kappa shape index (κ3) is 1.92. The summed E-state index contributed by atoms with van der Waals surface area (Å²) in [4.78, 5) is 27.1. The van der Waals surface area contributed by atoms with Crippen molar-refractivity contribution >= 4 is 23.5 Å². The molecule has 0 aromatic carbocycles. The minimum atomic E-state index is 0.0284. The van der Waals surface area contributed by atoms with Crippen molar-refractivity contribution < 1.29 is 9.59 Å². The Morgan fingerprint density at radius 3 is 2.84 bits per heavy atom. The second-order valence-corrected chi connectivity index (χ2v) is 4.82. The SMILES string of the molecule is CN1CCN(c2c(C=O)cc3ccccn23)C(=O)C1. The number of fused-ring (bicyclic) bond motifs is 1. The fourth-order valence-electron chi connectivity index (χ4n) is 2.52. The van der Waals surface area contributed by atoms with E-state index >= 15 is 0 Å². The second-order valence-electron chi connectivity index (χ2n) is 4.82. The number of nitrogens with zero attached hydrogens (tertiary/aromatic N) is 3. The number of amides is 1. The molecule has 5 nitrogen and oxygen atoms in total. The van der Waals surface area contributed by atoms with Crippen LogP contribution in [0, 0.1) is 0 Å². The molecule has 3 rings (SSSR count). The van der Waals surface area contributed by atoms with Crippen LogP contribution in [0.3, 0.4) is 0 Å². The summed E-state index contributed by atoms with van der Waals surface area (Å²) in [6.45, 7) is 1.81. The first-order valence-corrected chi connectivity index (χ1v) is 6.25. The van der Waals surface area contributed by atoms with Crippen LogP contribution in [0.5, 0.6) is 0 Å². The van der Waals surface area contributed by atoms with Crippen LogP contribution in [0.15, 0.2) is 30.5 Å². The number of pyridine rings is 1. The average Bonchev–Trinajstić information content (AvgIpc) is 2.77. The number of hydrogen-bond acceptors (Lipinski definition) is 3. The fourth-order valence-corrected chi connectivity index (χ4v) is 2.52. The van der Waals surface area contributed by atoms with Crippen molar-refractivity contribution in [3.05, 3.63) is 36.0 Å². The highest BCUT2D eigenvalue weighted by molar-refractivity contribution is 6.00. The molecule has 2 aromatic rings. The zero-order valence-electron chi connectivity index (χ0n) is 10.7. The predicted molar refractivity (Wildman–Crippen MR) is 72.6 cm³/mol. The van der Waals surface area contributed by atoms with Gasteiger partial charge in [-0.05, 0) is 25.2 Å². The molecular weight excluding hydrogens is 242 g/mol. The highest BCUT2D eigenvalue weighted by Crippen LogP contribution is 2.25. The van der Waals surface area contributed by atoms with Crippen LogP contribution in [-0.2, 0) is 4.79 Å². The van der Waals surface area contributed by atoms with Crippen molar-refractivity contribution in [1.29, 1.82) is 0 Å². The van der Waals surface area contributed by atoms with Gasteiger partial charge in [-0.25, -0.2) is 0 Å². The van der Waals surface area contributed by atoms with Gasteiger partial charge in [0.15, 0.2) is 6.29 Å². The molecule has 0 atom stereocenters. The van der Waals surface area contributed by atoms with Crippen LogP contribution < -0.4 is 4.90 Å². The van der Waals surface area contributed by atoms with E-state index in [1.807, 2.05) is 46.8 Å². The molecule has 0 unspecified atom stereocenters. The number of carbonyl (C=O) groups excluding carboxylic acids is 2. The zero-order valence-corrected chi connectivity index (χ0v) is 10.7. The Balaban J connectivity index is 2.13. The third-order valence-electron chi connectivity index (χ3n) is 3.48. The molecule has 0 radical (unpaired) electrons. The molecule has 5 heteroatoms. The summed E-state index contributed by atoms with van der Waals surface area (Å²) in [5, 5.41) is 0. The Morgan fingerprint density at radius 1 is 1.26 bits per heavy atom. The molecule has 1 saturated heterocycles. The van der Waals surface area contributed by atoms with E-state index in [9.17, 15) is 9.59 Å². The lowest BCUT2D eigenvalue weighted by Crippen LogP contribution is -2.49. The number of anilines is 1. The normalized spacial score (nSPS) is 17.1. The molecule has 1 aliphatic rings. The molecule has 0 bridgehead atoms. The summed E-state index contributed by atoms with van der Waals surface area (Å²) < 4.78 is 1.90. The monoisotopic (exact) mass is 257 g/mol. The number of likely N-dealkylation sites (N-methyl/N-ethyl adjacent to an activating group) is 1. The Kier molecular flexibility index (Phi) is 2.83. The fraction of sp³-hybridized carbons (Fsp3) is 0.286. The average molecular weight is 257 g/mol. The highest BCUT2D eigenvalue weighted by atomic mass is 16.2. The second kappa shape index (κ2) is 4.51. The highest BCUT2D eigenvalue weighted by Gasteiger charge is 2.27. The molecule has 0 saturated carbocycles. The first kappa shape index (κ1) is 11.9. The maximum atomic E-state index is 12.2. The van der Waals surface area contributed by atoms with Crippen LogP contribution in [0.1, 0.15) is 10.4 Å². The summed E-state index contributed by atoms with van der Waals surface area (Å²) in [7, 11) is 1.92. The maximum Gasteiger partial charge on any atom is 0.242 e. The van der Waals surface area contributed by atoms with E-state index in [0.717, 1.165) is 18.3 Å². The van der Waals surface area contributed by atoms with Gasteiger partial charge in [-0.15, -0.1) is 0 Å². The smallest absolute Gasteiger partial charge is 0.242 e. The van der Waals surface area contributed by atoms with Crippen molar-refractivity contribution in [2.24, 2.45) is 0 Å². The lowest BCUT2D eigenvalue weighted by atomic mass is 10.2. The number of aromatic nitrogens is 1. The van der Waals surface area contributed by atoms with Gasteiger partial charge in [-0.1, -0.05) is 6.07 Å². The van der Waals surface area contributed by atoms with E-state index in [1.54, 1.807) is 4.90 Å². The summed E-state index contributed by atoms with van der Waals surface area (Å²) in [5.74, 6) is 0.712. The van der Waals surface area contributed by atoms with Gasteiger partial charge < -0.3 is 4.40 Å². The molecule has 98 valence electrons. The van der Waals surface area contributed by atoms with Crippen molar-refractivity contribution in [3.63, 3.8) is 0 Å². The molecule has 0 aliphatic carbocycles. The molecular formula is C14H15N3O2. The maximum absolute atomic E-state index is 12.2. The number of rotatable bonds is 2. The molecule has 3 heterocycles. The molecule has 1 amide bonds. The van der Waals surface area contributed by atoms with Crippen LogP contribution in [0.25, 0.3) is 5.52 Å². The Hall–Kier alpha value is -2.14. The lowest BCUT2D eigenvalue weighted by Gasteiger charge is -2.32. The molecule has 2 aromatic heterocycles. The van der Waals surface area contributed by atoms with E-state index in [1.165, 1.54) is 0 Å².